The molecule has 0 aliphatic carbocycles. The van der Waals surface area contributed by atoms with Gasteiger partial charge in [-0.1, -0.05) is 30.2 Å². The highest BCUT2D eigenvalue weighted by Gasteiger charge is 2.25. The number of rotatable bonds is 6. The number of piperidine rings is 1. The second-order valence-corrected chi connectivity index (χ2v) is 7.72. The van der Waals surface area contributed by atoms with Crippen LogP contribution in [0.25, 0.3) is 6.08 Å². The lowest BCUT2D eigenvalue weighted by atomic mass is 10.1. The number of carbonyl (C=O) groups excluding carboxylic acids is 2. The Bertz CT molecular complexity index is 686. The van der Waals surface area contributed by atoms with Crippen LogP contribution in [0.15, 0.2) is 30.3 Å². The Kier molecular flexibility index (Phi) is 7.30. The van der Waals surface area contributed by atoms with Gasteiger partial charge in [-0.15, -0.1) is 0 Å². The predicted molar refractivity (Wildman–Crippen MR) is 109 cm³/mol. The van der Waals surface area contributed by atoms with Crippen molar-refractivity contribution in [3.05, 3.63) is 40.9 Å². The lowest BCUT2D eigenvalue weighted by Crippen LogP contribution is -2.52. The third-order valence-corrected chi connectivity index (χ3v) is 5.48. The van der Waals surface area contributed by atoms with E-state index < -0.39 is 0 Å². The zero-order chi connectivity index (χ0) is 19.1. The van der Waals surface area contributed by atoms with Gasteiger partial charge in [0, 0.05) is 30.7 Å². The maximum Gasteiger partial charge on any atom is 0.247 e. The molecule has 27 heavy (non-hydrogen) atoms. The molecule has 1 aromatic rings. The highest BCUT2D eigenvalue weighted by atomic mass is 35.5. The van der Waals surface area contributed by atoms with Gasteiger partial charge in [-0.3, -0.25) is 9.59 Å². The molecule has 2 aliphatic heterocycles. The normalized spacial score (nSPS) is 19.1. The number of hydrogen-bond donors (Lipinski definition) is 0. The Morgan fingerprint density at radius 1 is 1.07 bits per heavy atom. The average Bonchev–Trinajstić information content (AvgIpc) is 2.68. The molecule has 1 aromatic carbocycles. The first-order valence-corrected chi connectivity index (χ1v) is 10.2. The summed E-state index contributed by atoms with van der Waals surface area (Å²) in [5, 5.41) is 0.637. The minimum absolute atomic E-state index is 0.0457. The summed E-state index contributed by atoms with van der Waals surface area (Å²) in [6.07, 6.45) is 8.20. The van der Waals surface area contributed by atoms with Gasteiger partial charge in [0.05, 0.1) is 0 Å². The van der Waals surface area contributed by atoms with E-state index in [9.17, 15) is 9.59 Å². The second kappa shape index (κ2) is 9.90. The highest BCUT2D eigenvalue weighted by molar-refractivity contribution is 6.30. The summed E-state index contributed by atoms with van der Waals surface area (Å²) < 4.78 is 0. The van der Waals surface area contributed by atoms with Gasteiger partial charge < -0.3 is 14.7 Å². The molecule has 2 aliphatic rings. The van der Waals surface area contributed by atoms with E-state index in [4.69, 9.17) is 11.6 Å². The van der Waals surface area contributed by atoms with Gasteiger partial charge in [0.25, 0.3) is 0 Å². The number of amides is 2. The van der Waals surface area contributed by atoms with Crippen LogP contribution < -0.4 is 0 Å². The third kappa shape index (κ3) is 6.08. The average molecular weight is 390 g/mol. The largest absolute Gasteiger partial charge is 0.339 e. The van der Waals surface area contributed by atoms with Gasteiger partial charge in [0.15, 0.2) is 0 Å². The molecule has 0 unspecified atom stereocenters. The Morgan fingerprint density at radius 2 is 1.89 bits per heavy atom. The van der Waals surface area contributed by atoms with Crippen molar-refractivity contribution in [2.24, 2.45) is 0 Å². The zero-order valence-electron chi connectivity index (χ0n) is 15.8. The van der Waals surface area contributed by atoms with Crippen LogP contribution in [-0.2, 0) is 9.59 Å². The minimum atomic E-state index is -0.128. The molecule has 5 nitrogen and oxygen atoms in total. The highest BCUT2D eigenvalue weighted by Crippen LogP contribution is 2.13. The fourth-order valence-corrected chi connectivity index (χ4v) is 3.88. The molecule has 146 valence electrons. The molecule has 2 amide bonds. The first-order chi connectivity index (χ1) is 13.1. The number of halogens is 1. The lowest BCUT2D eigenvalue weighted by Gasteiger charge is -2.34. The predicted octanol–water partition coefficient (Wildman–Crippen LogP) is 2.90. The summed E-state index contributed by atoms with van der Waals surface area (Å²) in [5.74, 6) is -0.0827. The van der Waals surface area contributed by atoms with Gasteiger partial charge in [0.1, 0.15) is 6.54 Å². The second-order valence-electron chi connectivity index (χ2n) is 7.28. The van der Waals surface area contributed by atoms with E-state index in [0.29, 0.717) is 18.1 Å². The lowest BCUT2D eigenvalue weighted by molar-refractivity contribution is -0.142. The molecule has 0 saturated carbocycles. The summed E-state index contributed by atoms with van der Waals surface area (Å²) in [4.78, 5) is 30.8. The Morgan fingerprint density at radius 3 is 2.63 bits per heavy atom. The topological polar surface area (TPSA) is 43.9 Å². The number of piperazine rings is 1. The minimum Gasteiger partial charge on any atom is -0.339 e. The Balaban J connectivity index is 1.42. The van der Waals surface area contributed by atoms with Gasteiger partial charge >= 0.3 is 0 Å². The van der Waals surface area contributed by atoms with E-state index in [-0.39, 0.29) is 18.4 Å². The summed E-state index contributed by atoms with van der Waals surface area (Å²) in [7, 11) is 0. The molecule has 0 spiro atoms. The maximum atomic E-state index is 12.4. The summed E-state index contributed by atoms with van der Waals surface area (Å²) in [6, 6.07) is 7.33. The fourth-order valence-electron chi connectivity index (χ4n) is 3.68. The molecule has 0 radical (unpaired) electrons. The summed E-state index contributed by atoms with van der Waals surface area (Å²) in [6.45, 7) is 5.61. The van der Waals surface area contributed by atoms with Crippen molar-refractivity contribution in [3.8, 4) is 0 Å². The van der Waals surface area contributed by atoms with Gasteiger partial charge in [-0.25, -0.2) is 0 Å². The number of nitrogens with zero attached hydrogens (tertiary/aromatic N) is 3. The van der Waals surface area contributed by atoms with Crippen molar-refractivity contribution in [1.29, 1.82) is 0 Å². The van der Waals surface area contributed by atoms with Crippen LogP contribution in [-0.4, -0.2) is 72.3 Å². The number of likely N-dealkylation sites (tertiary alicyclic amines) is 1. The fraction of sp³-hybridized carbons (Fsp3) is 0.524. The van der Waals surface area contributed by atoms with E-state index in [1.54, 1.807) is 23.1 Å². The van der Waals surface area contributed by atoms with Crippen LogP contribution in [0.1, 0.15) is 31.2 Å². The van der Waals surface area contributed by atoms with E-state index in [1.807, 2.05) is 17.0 Å². The smallest absolute Gasteiger partial charge is 0.247 e. The molecule has 0 aromatic heterocycles. The van der Waals surface area contributed by atoms with Gasteiger partial charge in [-0.2, -0.15) is 0 Å². The van der Waals surface area contributed by atoms with Crippen LogP contribution in [0.3, 0.4) is 0 Å². The van der Waals surface area contributed by atoms with Gasteiger partial charge in [-0.05, 0) is 62.7 Å². The summed E-state index contributed by atoms with van der Waals surface area (Å²) >= 11 is 5.95. The van der Waals surface area contributed by atoms with Crippen LogP contribution in [0.5, 0.6) is 0 Å². The molecule has 6 heteroatoms. The van der Waals surface area contributed by atoms with E-state index in [1.165, 1.54) is 38.4 Å². The molecule has 0 bridgehead atoms. The first-order valence-electron chi connectivity index (χ1n) is 9.84. The van der Waals surface area contributed by atoms with Gasteiger partial charge in [0.2, 0.25) is 11.8 Å². The number of carbonyl (C=O) groups is 2. The maximum absolute atomic E-state index is 12.4. The molecule has 3 rings (SSSR count). The van der Waals surface area contributed by atoms with E-state index in [2.05, 4.69) is 4.90 Å². The molecule has 0 atom stereocenters. The van der Waals surface area contributed by atoms with Crippen LogP contribution >= 0.6 is 11.6 Å². The monoisotopic (exact) mass is 389 g/mol. The molecule has 0 N–H and O–H groups in total. The van der Waals surface area contributed by atoms with Crippen molar-refractivity contribution in [2.45, 2.75) is 25.7 Å². The summed E-state index contributed by atoms with van der Waals surface area (Å²) in [5.41, 5.74) is 0.874. The van der Waals surface area contributed by atoms with E-state index >= 15 is 0 Å². The number of benzene rings is 1. The Hall–Kier alpha value is -1.85. The van der Waals surface area contributed by atoms with Crippen LogP contribution in [0.2, 0.25) is 5.02 Å². The third-order valence-electron chi connectivity index (χ3n) is 5.25. The quantitative estimate of drug-likeness (QED) is 0.702. The molecule has 2 heterocycles. The van der Waals surface area contributed by atoms with Crippen molar-refractivity contribution in [3.63, 3.8) is 0 Å². The van der Waals surface area contributed by atoms with E-state index in [0.717, 1.165) is 25.1 Å². The standard InChI is InChI=1S/C21H28ClN3O2/c22-19-7-4-6-18(16-19)8-9-20(26)25-15-14-24(21(27)17-25)13-5-12-23-10-2-1-3-11-23/h4,6-9,16H,1-3,5,10-15,17H2. The molecular weight excluding hydrogens is 362 g/mol. The molecular formula is C21H28ClN3O2. The zero-order valence-corrected chi connectivity index (χ0v) is 16.5. The van der Waals surface area contributed by atoms with Crippen molar-refractivity contribution in [2.75, 3.05) is 45.8 Å². The molecule has 2 fully saturated rings. The first kappa shape index (κ1) is 19.9. The SMILES string of the molecule is O=C(C=Cc1cccc(Cl)c1)N1CCN(CCCN2CCCCC2)C(=O)C1. The number of hydrogen-bond acceptors (Lipinski definition) is 3. The van der Waals surface area contributed by atoms with Crippen LogP contribution in [0, 0.1) is 0 Å². The van der Waals surface area contributed by atoms with Crippen molar-refractivity contribution < 1.29 is 9.59 Å². The van der Waals surface area contributed by atoms with Crippen LogP contribution in [0.4, 0.5) is 0 Å². The van der Waals surface area contributed by atoms with Crippen molar-refractivity contribution >= 4 is 29.5 Å². The Labute approximate surface area is 166 Å². The molecule has 2 saturated heterocycles. The van der Waals surface area contributed by atoms with Crippen molar-refractivity contribution in [1.82, 2.24) is 14.7 Å².